The molecule has 0 spiro atoms. The largest absolute Gasteiger partial charge is 0.306 e. The average Bonchev–Trinajstić information content (AvgIpc) is 2.76. The van der Waals surface area contributed by atoms with Crippen LogP contribution in [0.2, 0.25) is 0 Å². The van der Waals surface area contributed by atoms with Crippen molar-refractivity contribution in [3.05, 3.63) is 51.2 Å². The van der Waals surface area contributed by atoms with E-state index in [1.807, 2.05) is 13.0 Å². The maximum atomic E-state index is 13.4. The van der Waals surface area contributed by atoms with Crippen molar-refractivity contribution in [2.75, 3.05) is 0 Å². The van der Waals surface area contributed by atoms with Crippen molar-refractivity contribution in [3.63, 3.8) is 0 Å². The monoisotopic (exact) mass is 262 g/mol. The summed E-state index contributed by atoms with van der Waals surface area (Å²) in [5, 5.41) is 0. The highest BCUT2D eigenvalue weighted by Crippen LogP contribution is 2.27. The van der Waals surface area contributed by atoms with E-state index in [9.17, 15) is 9.18 Å². The lowest BCUT2D eigenvalue weighted by Gasteiger charge is -2.05. The lowest BCUT2D eigenvalue weighted by molar-refractivity contribution is 0.627. The second kappa shape index (κ2) is 4.24. The predicted octanol–water partition coefficient (Wildman–Crippen LogP) is 2.63. The smallest absolute Gasteiger partial charge is 0.255 e. The quantitative estimate of drug-likeness (QED) is 0.859. The lowest BCUT2D eigenvalue weighted by atomic mass is 10.1. The van der Waals surface area contributed by atoms with E-state index in [1.54, 1.807) is 11.8 Å². The van der Waals surface area contributed by atoms with E-state index < -0.39 is 0 Å². The number of fused-ring (bicyclic) bond motifs is 1. The van der Waals surface area contributed by atoms with Crippen molar-refractivity contribution < 1.29 is 4.39 Å². The predicted molar refractivity (Wildman–Crippen MR) is 70.0 cm³/mol. The molecule has 0 radical (unpaired) electrons. The number of benzene rings is 1. The molecule has 0 saturated carbocycles. The number of aryl methyl sites for hydroxylation is 1. The number of hydrogen-bond acceptors (Lipinski definition) is 3. The molecule has 1 aromatic heterocycles. The van der Waals surface area contributed by atoms with E-state index in [1.165, 1.54) is 12.1 Å². The zero-order valence-corrected chi connectivity index (χ0v) is 10.6. The van der Waals surface area contributed by atoms with E-state index in [2.05, 4.69) is 9.97 Å². The first-order valence-electron chi connectivity index (χ1n) is 5.61. The highest BCUT2D eigenvalue weighted by Gasteiger charge is 2.18. The molecule has 0 amide bonds. The van der Waals surface area contributed by atoms with Crippen molar-refractivity contribution in [2.45, 2.75) is 18.4 Å². The topological polar surface area (TPSA) is 45.8 Å². The molecule has 0 saturated heterocycles. The average molecular weight is 262 g/mol. The highest BCUT2D eigenvalue weighted by atomic mass is 32.2. The van der Waals surface area contributed by atoms with Crippen LogP contribution in [0.5, 0.6) is 0 Å². The van der Waals surface area contributed by atoms with Crippen LogP contribution in [-0.2, 0) is 11.5 Å². The van der Waals surface area contributed by atoms with Gasteiger partial charge >= 0.3 is 0 Å². The molecule has 5 heteroatoms. The van der Waals surface area contributed by atoms with Gasteiger partial charge in [0.2, 0.25) is 0 Å². The standard InChI is InChI=1S/C13H11FN2OS/c1-7-2-8(4-9(14)3-7)12-15-11-6-18-5-10(11)13(17)16-12/h2-4H,5-6H2,1H3,(H,15,16,17). The third-order valence-electron chi connectivity index (χ3n) is 2.90. The van der Waals surface area contributed by atoms with Crippen LogP contribution < -0.4 is 5.56 Å². The Balaban J connectivity index is 2.18. The SMILES string of the molecule is Cc1cc(F)cc(-c2nc3c(c(=O)[nH]2)CSC3)c1. The lowest BCUT2D eigenvalue weighted by Crippen LogP contribution is -2.15. The van der Waals surface area contributed by atoms with E-state index in [4.69, 9.17) is 0 Å². The Bertz CT molecular complexity index is 661. The van der Waals surface area contributed by atoms with Gasteiger partial charge in [0.1, 0.15) is 11.6 Å². The molecule has 2 heterocycles. The molecule has 3 rings (SSSR count). The molecular weight excluding hydrogens is 251 g/mol. The Morgan fingerprint density at radius 1 is 1.33 bits per heavy atom. The van der Waals surface area contributed by atoms with Gasteiger partial charge in [-0.3, -0.25) is 4.79 Å². The van der Waals surface area contributed by atoms with Crippen LogP contribution in [0.15, 0.2) is 23.0 Å². The first kappa shape index (κ1) is 11.5. The third-order valence-corrected chi connectivity index (χ3v) is 3.87. The third kappa shape index (κ3) is 1.95. The van der Waals surface area contributed by atoms with Crippen molar-refractivity contribution in [1.29, 1.82) is 0 Å². The summed E-state index contributed by atoms with van der Waals surface area (Å²) in [6, 6.07) is 4.65. The van der Waals surface area contributed by atoms with Gasteiger partial charge in [-0.1, -0.05) is 0 Å². The summed E-state index contributed by atoms with van der Waals surface area (Å²) in [6.07, 6.45) is 0. The molecule has 92 valence electrons. The number of H-pyrrole nitrogens is 1. The fourth-order valence-electron chi connectivity index (χ4n) is 2.07. The molecule has 1 N–H and O–H groups in total. The molecule has 2 aromatic rings. The van der Waals surface area contributed by atoms with E-state index >= 15 is 0 Å². The second-order valence-electron chi connectivity index (χ2n) is 4.35. The molecule has 0 unspecified atom stereocenters. The van der Waals surface area contributed by atoms with Gasteiger partial charge in [-0.2, -0.15) is 11.8 Å². The van der Waals surface area contributed by atoms with E-state index in [0.717, 1.165) is 22.6 Å². The van der Waals surface area contributed by atoms with E-state index in [-0.39, 0.29) is 11.4 Å². The van der Waals surface area contributed by atoms with Crippen LogP contribution in [0.4, 0.5) is 4.39 Å². The summed E-state index contributed by atoms with van der Waals surface area (Å²) in [6.45, 7) is 1.81. The summed E-state index contributed by atoms with van der Waals surface area (Å²) < 4.78 is 13.4. The summed E-state index contributed by atoms with van der Waals surface area (Å²) in [7, 11) is 0. The van der Waals surface area contributed by atoms with Gasteiger partial charge in [0.25, 0.3) is 5.56 Å². The van der Waals surface area contributed by atoms with Gasteiger partial charge in [-0.25, -0.2) is 9.37 Å². The first-order valence-corrected chi connectivity index (χ1v) is 6.76. The Morgan fingerprint density at radius 2 is 2.17 bits per heavy atom. The molecule has 18 heavy (non-hydrogen) atoms. The number of hydrogen-bond donors (Lipinski definition) is 1. The fourth-order valence-corrected chi connectivity index (χ4v) is 3.11. The minimum Gasteiger partial charge on any atom is -0.306 e. The van der Waals surface area contributed by atoms with Crippen LogP contribution in [0.3, 0.4) is 0 Å². The van der Waals surface area contributed by atoms with Gasteiger partial charge in [-0.05, 0) is 30.7 Å². The highest BCUT2D eigenvalue weighted by molar-refractivity contribution is 7.98. The zero-order chi connectivity index (χ0) is 12.7. The van der Waals surface area contributed by atoms with Crippen LogP contribution >= 0.6 is 11.8 Å². The van der Waals surface area contributed by atoms with E-state index in [0.29, 0.717) is 17.1 Å². The minimum atomic E-state index is -0.317. The second-order valence-corrected chi connectivity index (χ2v) is 5.34. The molecule has 1 aliphatic rings. The van der Waals surface area contributed by atoms with Crippen LogP contribution in [0.1, 0.15) is 16.8 Å². The van der Waals surface area contributed by atoms with Crippen LogP contribution in [-0.4, -0.2) is 9.97 Å². The Hall–Kier alpha value is -1.62. The van der Waals surface area contributed by atoms with Crippen molar-refractivity contribution in [3.8, 4) is 11.4 Å². The maximum Gasteiger partial charge on any atom is 0.255 e. The zero-order valence-electron chi connectivity index (χ0n) is 9.79. The fraction of sp³-hybridized carbons (Fsp3) is 0.231. The maximum absolute atomic E-state index is 13.4. The summed E-state index contributed by atoms with van der Waals surface area (Å²) >= 11 is 1.67. The molecule has 1 aliphatic heterocycles. The Morgan fingerprint density at radius 3 is 2.94 bits per heavy atom. The minimum absolute atomic E-state index is 0.109. The van der Waals surface area contributed by atoms with Gasteiger partial charge < -0.3 is 4.98 Å². The van der Waals surface area contributed by atoms with Crippen molar-refractivity contribution in [2.24, 2.45) is 0 Å². The summed E-state index contributed by atoms with van der Waals surface area (Å²) in [5.41, 5.74) is 2.88. The van der Waals surface area contributed by atoms with Gasteiger partial charge in [0.05, 0.1) is 5.69 Å². The molecule has 0 bridgehead atoms. The summed E-state index contributed by atoms with van der Waals surface area (Å²) in [5.74, 6) is 1.59. The van der Waals surface area contributed by atoms with Crippen LogP contribution in [0, 0.1) is 12.7 Å². The molecule has 1 aromatic carbocycles. The van der Waals surface area contributed by atoms with Gasteiger partial charge in [0, 0.05) is 22.6 Å². The molecule has 0 aliphatic carbocycles. The number of aromatic nitrogens is 2. The molecular formula is C13H11FN2OS. The number of nitrogens with zero attached hydrogens (tertiary/aromatic N) is 1. The van der Waals surface area contributed by atoms with Gasteiger partial charge in [0.15, 0.2) is 0 Å². The summed E-state index contributed by atoms with van der Waals surface area (Å²) in [4.78, 5) is 19.0. The first-order chi connectivity index (χ1) is 8.63. The van der Waals surface area contributed by atoms with Crippen molar-refractivity contribution >= 4 is 11.8 Å². The number of aromatic amines is 1. The molecule has 0 atom stereocenters. The molecule has 3 nitrogen and oxygen atoms in total. The molecule has 0 fully saturated rings. The van der Waals surface area contributed by atoms with Crippen LogP contribution in [0.25, 0.3) is 11.4 Å². The van der Waals surface area contributed by atoms with Crippen molar-refractivity contribution in [1.82, 2.24) is 9.97 Å². The number of rotatable bonds is 1. The Kier molecular flexibility index (Phi) is 2.70. The Labute approximate surface area is 107 Å². The number of halogens is 1. The number of thioether (sulfide) groups is 1. The normalized spacial score (nSPS) is 13.7. The van der Waals surface area contributed by atoms with Gasteiger partial charge in [-0.15, -0.1) is 0 Å². The number of nitrogens with one attached hydrogen (secondary N) is 1.